The molecule has 1 unspecified atom stereocenters. The molecule has 76 valence electrons. The number of nitrogens with one attached hydrogen (secondary N) is 1. The average Bonchev–Trinajstić information content (AvgIpc) is 1.98. The number of rotatable bonds is 5. The van der Waals surface area contributed by atoms with Crippen LogP contribution in [0.2, 0.25) is 0 Å². The molecule has 0 aromatic rings. The van der Waals surface area contributed by atoms with Gasteiger partial charge in [0.2, 0.25) is 5.91 Å². The quantitative estimate of drug-likeness (QED) is 0.657. The lowest BCUT2D eigenvalue weighted by molar-refractivity contribution is -0.125. The zero-order valence-corrected chi connectivity index (χ0v) is 8.83. The molecule has 0 aliphatic carbocycles. The van der Waals surface area contributed by atoms with Gasteiger partial charge in [-0.25, -0.2) is 0 Å². The zero-order chi connectivity index (χ0) is 10.4. The van der Waals surface area contributed by atoms with Crippen molar-refractivity contribution in [2.24, 2.45) is 11.8 Å². The Kier molecular flexibility index (Phi) is 5.35. The summed E-state index contributed by atoms with van der Waals surface area (Å²) in [5.74, 6) is 0.453. The molecule has 0 fully saturated rings. The van der Waals surface area contributed by atoms with E-state index >= 15 is 0 Å². The lowest BCUT2D eigenvalue weighted by Gasteiger charge is -2.16. The molecule has 0 aromatic carbocycles. The molecule has 0 aliphatic rings. The Hall–Kier alpha value is -0.860. The molecule has 0 heterocycles. The molecular formula is C10H19NO2. The van der Waals surface area contributed by atoms with Gasteiger partial charge in [-0.15, -0.1) is 0 Å². The summed E-state index contributed by atoms with van der Waals surface area (Å²) in [5, 5.41) is 2.69. The second-order valence-corrected chi connectivity index (χ2v) is 4.07. The average molecular weight is 185 g/mol. The van der Waals surface area contributed by atoms with E-state index in [1.807, 2.05) is 27.7 Å². The summed E-state index contributed by atoms with van der Waals surface area (Å²) in [6, 6.07) is -0.341. The van der Waals surface area contributed by atoms with Crippen LogP contribution in [0.15, 0.2) is 0 Å². The van der Waals surface area contributed by atoms with Crippen molar-refractivity contribution in [1.82, 2.24) is 5.32 Å². The summed E-state index contributed by atoms with van der Waals surface area (Å²) in [4.78, 5) is 21.8. The molecule has 0 saturated heterocycles. The third-order valence-corrected chi connectivity index (χ3v) is 1.79. The lowest BCUT2D eigenvalue weighted by atomic mass is 10.0. The first-order chi connectivity index (χ1) is 5.97. The van der Waals surface area contributed by atoms with E-state index < -0.39 is 0 Å². The van der Waals surface area contributed by atoms with Crippen LogP contribution >= 0.6 is 0 Å². The molecule has 0 bridgehead atoms. The fraction of sp³-hybridized carbons (Fsp3) is 0.800. The van der Waals surface area contributed by atoms with Gasteiger partial charge in [-0.3, -0.25) is 4.79 Å². The third-order valence-electron chi connectivity index (χ3n) is 1.79. The smallest absolute Gasteiger partial charge is 0.220 e. The minimum atomic E-state index is -0.341. The van der Waals surface area contributed by atoms with Crippen molar-refractivity contribution in [2.75, 3.05) is 0 Å². The van der Waals surface area contributed by atoms with Crippen molar-refractivity contribution in [1.29, 1.82) is 0 Å². The van der Waals surface area contributed by atoms with Crippen LogP contribution < -0.4 is 5.32 Å². The maximum Gasteiger partial charge on any atom is 0.220 e. The van der Waals surface area contributed by atoms with Gasteiger partial charge < -0.3 is 10.1 Å². The van der Waals surface area contributed by atoms with Crippen LogP contribution in [0.5, 0.6) is 0 Å². The predicted molar refractivity (Wildman–Crippen MR) is 52.3 cm³/mol. The Labute approximate surface area is 79.9 Å². The van der Waals surface area contributed by atoms with Crippen LogP contribution in [-0.4, -0.2) is 18.2 Å². The molecule has 0 spiro atoms. The van der Waals surface area contributed by atoms with Gasteiger partial charge in [-0.05, 0) is 11.8 Å². The molecule has 13 heavy (non-hydrogen) atoms. The van der Waals surface area contributed by atoms with Gasteiger partial charge in [-0.2, -0.15) is 0 Å². The van der Waals surface area contributed by atoms with E-state index in [0.717, 1.165) is 6.29 Å². The highest BCUT2D eigenvalue weighted by Crippen LogP contribution is 2.02. The molecule has 0 radical (unpaired) electrons. The Morgan fingerprint density at radius 1 is 1.31 bits per heavy atom. The van der Waals surface area contributed by atoms with E-state index in [0.29, 0.717) is 12.3 Å². The summed E-state index contributed by atoms with van der Waals surface area (Å²) < 4.78 is 0. The molecule has 0 aliphatic heterocycles. The number of carbonyl (C=O) groups excluding carboxylic acids is 2. The van der Waals surface area contributed by atoms with Crippen molar-refractivity contribution in [2.45, 2.75) is 40.2 Å². The first-order valence-corrected chi connectivity index (χ1v) is 4.72. The Morgan fingerprint density at radius 3 is 2.15 bits per heavy atom. The van der Waals surface area contributed by atoms with E-state index in [1.165, 1.54) is 0 Å². The largest absolute Gasteiger partial charge is 0.346 e. The molecule has 0 rings (SSSR count). The molecule has 1 amide bonds. The Morgan fingerprint density at radius 2 is 1.85 bits per heavy atom. The number of amides is 1. The van der Waals surface area contributed by atoms with Crippen molar-refractivity contribution in [3.8, 4) is 0 Å². The monoisotopic (exact) mass is 185 g/mol. The second kappa shape index (κ2) is 5.73. The van der Waals surface area contributed by atoms with Gasteiger partial charge in [0.15, 0.2) is 0 Å². The molecule has 1 N–H and O–H groups in total. The predicted octanol–water partition coefficient (Wildman–Crippen LogP) is 1.37. The summed E-state index contributed by atoms with van der Waals surface area (Å²) in [6.07, 6.45) is 1.28. The van der Waals surface area contributed by atoms with Crippen LogP contribution in [0, 0.1) is 11.8 Å². The lowest BCUT2D eigenvalue weighted by Crippen LogP contribution is -2.40. The molecular weight excluding hydrogens is 166 g/mol. The van der Waals surface area contributed by atoms with E-state index in [9.17, 15) is 9.59 Å². The van der Waals surface area contributed by atoms with Crippen molar-refractivity contribution in [3.63, 3.8) is 0 Å². The van der Waals surface area contributed by atoms with Crippen LogP contribution in [-0.2, 0) is 9.59 Å². The molecule has 0 aromatic heterocycles. The van der Waals surface area contributed by atoms with Crippen LogP contribution in [0.3, 0.4) is 0 Å². The fourth-order valence-corrected chi connectivity index (χ4v) is 0.973. The summed E-state index contributed by atoms with van der Waals surface area (Å²) >= 11 is 0. The van der Waals surface area contributed by atoms with Crippen LogP contribution in [0.1, 0.15) is 34.1 Å². The minimum absolute atomic E-state index is 0.0409. The molecule has 1 atom stereocenters. The number of carbonyl (C=O) groups is 2. The van der Waals surface area contributed by atoms with Gasteiger partial charge in [0.05, 0.1) is 6.04 Å². The Bertz CT molecular complexity index is 176. The Balaban J connectivity index is 3.94. The summed E-state index contributed by atoms with van der Waals surface area (Å²) in [5.41, 5.74) is 0. The third kappa shape index (κ3) is 5.39. The van der Waals surface area contributed by atoms with E-state index in [-0.39, 0.29) is 17.9 Å². The minimum Gasteiger partial charge on any atom is -0.346 e. The van der Waals surface area contributed by atoms with Gasteiger partial charge in [0, 0.05) is 6.42 Å². The normalized spacial score (nSPS) is 13.1. The molecule has 0 saturated carbocycles. The summed E-state index contributed by atoms with van der Waals surface area (Å²) in [7, 11) is 0. The van der Waals surface area contributed by atoms with E-state index in [2.05, 4.69) is 5.32 Å². The maximum atomic E-state index is 11.3. The second-order valence-electron chi connectivity index (χ2n) is 4.07. The molecule has 3 nitrogen and oxygen atoms in total. The molecule has 3 heteroatoms. The number of aldehydes is 1. The topological polar surface area (TPSA) is 46.2 Å². The SMILES string of the molecule is CC(C)CC(=O)NC(C=O)C(C)C. The number of hydrogen-bond acceptors (Lipinski definition) is 2. The van der Waals surface area contributed by atoms with E-state index in [1.54, 1.807) is 0 Å². The van der Waals surface area contributed by atoms with Gasteiger partial charge in [-0.1, -0.05) is 27.7 Å². The van der Waals surface area contributed by atoms with Crippen LogP contribution in [0.4, 0.5) is 0 Å². The maximum absolute atomic E-state index is 11.3. The number of hydrogen-bond donors (Lipinski definition) is 1. The van der Waals surface area contributed by atoms with Crippen molar-refractivity contribution in [3.05, 3.63) is 0 Å². The fourth-order valence-electron chi connectivity index (χ4n) is 0.973. The van der Waals surface area contributed by atoms with Crippen molar-refractivity contribution < 1.29 is 9.59 Å². The van der Waals surface area contributed by atoms with Crippen molar-refractivity contribution >= 4 is 12.2 Å². The highest BCUT2D eigenvalue weighted by Gasteiger charge is 2.15. The van der Waals surface area contributed by atoms with Gasteiger partial charge in [0.25, 0.3) is 0 Å². The van der Waals surface area contributed by atoms with Gasteiger partial charge in [0.1, 0.15) is 6.29 Å². The first-order valence-electron chi connectivity index (χ1n) is 4.72. The first kappa shape index (κ1) is 12.1. The summed E-state index contributed by atoms with van der Waals surface area (Å²) in [6.45, 7) is 7.78. The highest BCUT2D eigenvalue weighted by atomic mass is 16.2. The standard InChI is InChI=1S/C10H19NO2/c1-7(2)5-10(13)11-9(6-12)8(3)4/h6-9H,5H2,1-4H3,(H,11,13). The van der Waals surface area contributed by atoms with Gasteiger partial charge >= 0.3 is 0 Å². The highest BCUT2D eigenvalue weighted by molar-refractivity contribution is 5.79. The van der Waals surface area contributed by atoms with E-state index in [4.69, 9.17) is 0 Å². The van der Waals surface area contributed by atoms with Crippen LogP contribution in [0.25, 0.3) is 0 Å². The zero-order valence-electron chi connectivity index (χ0n) is 8.83.